The zero-order valence-electron chi connectivity index (χ0n) is 17.4. The van der Waals surface area contributed by atoms with Gasteiger partial charge in [0.2, 0.25) is 5.91 Å². The van der Waals surface area contributed by atoms with Crippen molar-refractivity contribution in [2.45, 2.75) is 52.5 Å². The van der Waals surface area contributed by atoms with Crippen molar-refractivity contribution >= 4 is 34.7 Å². The van der Waals surface area contributed by atoms with E-state index in [1.54, 1.807) is 17.0 Å². The number of nitrogens with two attached hydrogens (primary N) is 1. The van der Waals surface area contributed by atoms with E-state index >= 15 is 0 Å². The van der Waals surface area contributed by atoms with E-state index in [0.717, 1.165) is 32.1 Å². The van der Waals surface area contributed by atoms with Gasteiger partial charge in [0.1, 0.15) is 11.5 Å². The summed E-state index contributed by atoms with van der Waals surface area (Å²) in [6, 6.07) is 3.30. The Balaban J connectivity index is 2.34. The van der Waals surface area contributed by atoms with Crippen LogP contribution in [-0.2, 0) is 11.3 Å². The Labute approximate surface area is 180 Å². The summed E-state index contributed by atoms with van der Waals surface area (Å²) in [5.74, 6) is -0.299. The maximum absolute atomic E-state index is 12.7. The first-order valence-corrected chi connectivity index (χ1v) is 10.5. The van der Waals surface area contributed by atoms with Crippen LogP contribution < -0.4 is 27.2 Å². The molecule has 0 aliphatic heterocycles. The van der Waals surface area contributed by atoms with Crippen molar-refractivity contribution in [3.8, 4) is 0 Å². The molecule has 30 heavy (non-hydrogen) atoms. The summed E-state index contributed by atoms with van der Waals surface area (Å²) in [5, 5.41) is 2.88. The summed E-state index contributed by atoms with van der Waals surface area (Å²) < 4.78 is 1.35. The standard InChI is InChI=1S/C20H29ClN6O3/c1-3-5-7-11-26(13-15(28)24-14-9-8-10-23-17(14)21)16-18(22)27(12-6-4-2)20(30)25-19(16)29/h8-10H,3-7,11-13,22H2,1-2H3,(H,24,28)(H,25,29,30). The van der Waals surface area contributed by atoms with E-state index in [1.807, 2.05) is 6.92 Å². The third kappa shape index (κ3) is 6.09. The molecule has 0 saturated heterocycles. The minimum absolute atomic E-state index is 0.0703. The quantitative estimate of drug-likeness (QED) is 0.367. The molecule has 1 amide bonds. The molecule has 0 bridgehead atoms. The van der Waals surface area contributed by atoms with Crippen LogP contribution in [0, 0.1) is 0 Å². The fourth-order valence-electron chi connectivity index (χ4n) is 3.09. The maximum atomic E-state index is 12.7. The summed E-state index contributed by atoms with van der Waals surface area (Å²) in [6.45, 7) is 4.78. The average Bonchev–Trinajstić information content (AvgIpc) is 2.69. The zero-order valence-corrected chi connectivity index (χ0v) is 18.2. The lowest BCUT2D eigenvalue weighted by molar-refractivity contribution is -0.115. The minimum Gasteiger partial charge on any atom is -0.383 e. The van der Waals surface area contributed by atoms with E-state index in [4.69, 9.17) is 17.3 Å². The molecule has 2 aromatic rings. The van der Waals surface area contributed by atoms with Gasteiger partial charge < -0.3 is 16.0 Å². The van der Waals surface area contributed by atoms with Gasteiger partial charge in [0.25, 0.3) is 5.56 Å². The van der Waals surface area contributed by atoms with Gasteiger partial charge in [0.15, 0.2) is 5.15 Å². The van der Waals surface area contributed by atoms with Gasteiger partial charge in [-0.15, -0.1) is 0 Å². The number of nitrogens with zero attached hydrogens (tertiary/aromatic N) is 3. The summed E-state index contributed by atoms with van der Waals surface area (Å²) in [4.78, 5) is 45.4. The number of rotatable bonds is 11. The lowest BCUT2D eigenvalue weighted by Crippen LogP contribution is -2.42. The highest BCUT2D eigenvalue weighted by atomic mass is 35.5. The van der Waals surface area contributed by atoms with Gasteiger partial charge in [-0.3, -0.25) is 19.1 Å². The Morgan fingerprint density at radius 1 is 1.27 bits per heavy atom. The number of hydrogen-bond donors (Lipinski definition) is 3. The predicted octanol–water partition coefficient (Wildman–Crippen LogP) is 2.60. The molecule has 0 spiro atoms. The van der Waals surface area contributed by atoms with Crippen molar-refractivity contribution in [1.29, 1.82) is 0 Å². The highest BCUT2D eigenvalue weighted by Gasteiger charge is 2.21. The molecule has 4 N–H and O–H groups in total. The van der Waals surface area contributed by atoms with Gasteiger partial charge in [-0.1, -0.05) is 44.7 Å². The average molecular weight is 437 g/mol. The Kier molecular flexibility index (Phi) is 8.91. The first-order valence-electron chi connectivity index (χ1n) is 10.2. The second-order valence-electron chi connectivity index (χ2n) is 7.02. The Hall–Kier alpha value is -2.81. The largest absolute Gasteiger partial charge is 0.383 e. The van der Waals surface area contributed by atoms with Crippen molar-refractivity contribution in [2.24, 2.45) is 0 Å². The molecule has 164 valence electrons. The number of nitrogens with one attached hydrogen (secondary N) is 2. The number of amides is 1. The van der Waals surface area contributed by atoms with E-state index in [0.29, 0.717) is 18.8 Å². The second kappa shape index (κ2) is 11.4. The van der Waals surface area contributed by atoms with Crippen LogP contribution in [0.1, 0.15) is 46.0 Å². The van der Waals surface area contributed by atoms with E-state index < -0.39 is 11.2 Å². The Bertz CT molecular complexity index is 972. The number of aromatic nitrogens is 3. The first kappa shape index (κ1) is 23.5. The van der Waals surface area contributed by atoms with Gasteiger partial charge in [-0.2, -0.15) is 0 Å². The smallest absolute Gasteiger partial charge is 0.330 e. The molecule has 0 radical (unpaired) electrons. The summed E-state index contributed by atoms with van der Waals surface area (Å²) in [6.07, 6.45) is 5.81. The van der Waals surface area contributed by atoms with E-state index in [1.165, 1.54) is 10.8 Å². The number of carbonyl (C=O) groups excluding carboxylic acids is 1. The Morgan fingerprint density at radius 3 is 2.67 bits per heavy atom. The lowest BCUT2D eigenvalue weighted by Gasteiger charge is -2.25. The molecule has 2 rings (SSSR count). The van der Waals surface area contributed by atoms with Crippen LogP contribution in [0.15, 0.2) is 27.9 Å². The topological polar surface area (TPSA) is 126 Å². The van der Waals surface area contributed by atoms with Crippen molar-refractivity contribution < 1.29 is 4.79 Å². The number of carbonyl (C=O) groups is 1. The van der Waals surface area contributed by atoms with Crippen LogP contribution >= 0.6 is 11.6 Å². The number of aromatic amines is 1. The van der Waals surface area contributed by atoms with E-state index in [2.05, 4.69) is 22.2 Å². The van der Waals surface area contributed by atoms with Gasteiger partial charge in [-0.05, 0) is 25.0 Å². The summed E-state index contributed by atoms with van der Waals surface area (Å²) >= 11 is 6.01. The highest BCUT2D eigenvalue weighted by molar-refractivity contribution is 6.32. The van der Waals surface area contributed by atoms with E-state index in [9.17, 15) is 14.4 Å². The van der Waals surface area contributed by atoms with Crippen LogP contribution in [0.3, 0.4) is 0 Å². The predicted molar refractivity (Wildman–Crippen MR) is 120 cm³/mol. The third-order valence-electron chi connectivity index (χ3n) is 4.66. The van der Waals surface area contributed by atoms with Crippen molar-refractivity contribution in [3.63, 3.8) is 0 Å². The number of unbranched alkanes of at least 4 members (excludes halogenated alkanes) is 3. The molecule has 0 atom stereocenters. The molecule has 0 aromatic carbocycles. The van der Waals surface area contributed by atoms with Crippen molar-refractivity contribution in [1.82, 2.24) is 14.5 Å². The van der Waals surface area contributed by atoms with Crippen LogP contribution in [0.2, 0.25) is 5.15 Å². The van der Waals surface area contributed by atoms with Gasteiger partial charge in [0, 0.05) is 19.3 Å². The SMILES string of the molecule is CCCCCN(CC(=O)Nc1cccnc1Cl)c1c(N)n(CCCC)c(=O)[nH]c1=O. The second-order valence-corrected chi connectivity index (χ2v) is 7.37. The van der Waals surface area contributed by atoms with Gasteiger partial charge in [-0.25, -0.2) is 9.78 Å². The molecule has 10 heteroatoms. The number of anilines is 3. The molecule has 0 aliphatic rings. The molecule has 0 unspecified atom stereocenters. The van der Waals surface area contributed by atoms with Crippen molar-refractivity contribution in [2.75, 3.05) is 29.0 Å². The Morgan fingerprint density at radius 2 is 2.00 bits per heavy atom. The molecule has 0 fully saturated rings. The fraction of sp³-hybridized carbons (Fsp3) is 0.500. The molecule has 0 aliphatic carbocycles. The fourth-order valence-corrected chi connectivity index (χ4v) is 3.25. The zero-order chi connectivity index (χ0) is 22.1. The normalized spacial score (nSPS) is 10.8. The number of halogens is 1. The highest BCUT2D eigenvalue weighted by Crippen LogP contribution is 2.20. The van der Waals surface area contributed by atoms with Crippen LogP contribution in [0.4, 0.5) is 17.2 Å². The van der Waals surface area contributed by atoms with Crippen LogP contribution in [-0.4, -0.2) is 33.5 Å². The first-order chi connectivity index (χ1) is 14.4. The maximum Gasteiger partial charge on any atom is 0.330 e. The summed E-state index contributed by atoms with van der Waals surface area (Å²) in [7, 11) is 0. The number of hydrogen-bond acceptors (Lipinski definition) is 6. The molecule has 9 nitrogen and oxygen atoms in total. The minimum atomic E-state index is -0.603. The van der Waals surface area contributed by atoms with E-state index in [-0.39, 0.29) is 29.1 Å². The molecular weight excluding hydrogens is 408 g/mol. The monoisotopic (exact) mass is 436 g/mol. The van der Waals surface area contributed by atoms with Crippen molar-refractivity contribution in [3.05, 3.63) is 44.3 Å². The van der Waals surface area contributed by atoms with Gasteiger partial charge >= 0.3 is 5.69 Å². The number of H-pyrrole nitrogens is 1. The molecular formula is C20H29ClN6O3. The van der Waals surface area contributed by atoms with Gasteiger partial charge in [0.05, 0.1) is 12.2 Å². The third-order valence-corrected chi connectivity index (χ3v) is 4.97. The van der Waals surface area contributed by atoms with Crippen LogP contribution in [0.5, 0.6) is 0 Å². The summed E-state index contributed by atoms with van der Waals surface area (Å²) in [5.41, 5.74) is 5.59. The van der Waals surface area contributed by atoms with Crippen LogP contribution in [0.25, 0.3) is 0 Å². The molecule has 0 saturated carbocycles. The lowest BCUT2D eigenvalue weighted by atomic mass is 10.2. The molecule has 2 heterocycles. The number of nitrogen functional groups attached to an aromatic ring is 1. The molecule has 2 aromatic heterocycles. The number of pyridine rings is 1.